The van der Waals surface area contributed by atoms with Crippen molar-refractivity contribution >= 4 is 29.2 Å². The lowest BCUT2D eigenvalue weighted by atomic mass is 10.3. The van der Waals surface area contributed by atoms with E-state index in [-0.39, 0.29) is 5.28 Å². The van der Waals surface area contributed by atoms with Crippen molar-refractivity contribution in [2.75, 3.05) is 43.1 Å². The largest absolute Gasteiger partial charge is 0.373 e. The van der Waals surface area contributed by atoms with E-state index in [1.54, 1.807) is 25.5 Å². The highest BCUT2D eigenvalue weighted by molar-refractivity contribution is 6.28. The summed E-state index contributed by atoms with van der Waals surface area (Å²) in [5, 5.41) is 9.22. The van der Waals surface area contributed by atoms with Crippen LogP contribution in [0.5, 0.6) is 0 Å². The Kier molecular flexibility index (Phi) is 15.8. The first-order chi connectivity index (χ1) is 13.1. The van der Waals surface area contributed by atoms with Crippen LogP contribution in [-0.4, -0.2) is 47.1 Å². The molecule has 0 atom stereocenters. The number of nitrogens with zero attached hydrogens (tertiary/aromatic N) is 4. The van der Waals surface area contributed by atoms with Gasteiger partial charge in [-0.05, 0) is 43.1 Å². The van der Waals surface area contributed by atoms with Crippen LogP contribution in [0, 0.1) is 0 Å². The molecule has 0 saturated carbocycles. The first kappa shape index (κ1) is 24.8. The second-order valence-electron chi connectivity index (χ2n) is 5.40. The van der Waals surface area contributed by atoms with Crippen molar-refractivity contribution in [3.05, 3.63) is 29.8 Å². The summed E-state index contributed by atoms with van der Waals surface area (Å²) in [7, 11) is 3.62. The predicted molar refractivity (Wildman–Crippen MR) is 116 cm³/mol. The summed E-state index contributed by atoms with van der Waals surface area (Å²) in [5.41, 5.74) is 5.14. The van der Waals surface area contributed by atoms with Gasteiger partial charge in [-0.15, -0.1) is 0 Å². The lowest BCUT2D eigenvalue weighted by molar-refractivity contribution is 0.807. The fraction of sp³-hybridized carbons (Fsp3) is 0.556. The van der Waals surface area contributed by atoms with Gasteiger partial charge in [0.1, 0.15) is 11.6 Å². The van der Waals surface area contributed by atoms with E-state index in [1.165, 1.54) is 19.3 Å². The number of unbranched alkanes of at least 4 members (excludes halogenated alkanes) is 2. The van der Waals surface area contributed by atoms with E-state index in [4.69, 9.17) is 17.3 Å². The van der Waals surface area contributed by atoms with Gasteiger partial charge in [0.15, 0.2) is 0 Å². The average molecular weight is 397 g/mol. The molecule has 0 radical (unpaired) electrons. The van der Waals surface area contributed by atoms with Crippen LogP contribution >= 0.6 is 11.6 Å². The second-order valence-corrected chi connectivity index (χ2v) is 5.74. The molecule has 2 heterocycles. The van der Waals surface area contributed by atoms with E-state index in [2.05, 4.69) is 49.7 Å². The Bertz CT molecular complexity index is 595. The summed E-state index contributed by atoms with van der Waals surface area (Å²) in [4.78, 5) is 15.9. The molecule has 0 aromatic carbocycles. The number of aromatic nitrogens is 4. The van der Waals surface area contributed by atoms with E-state index >= 15 is 0 Å². The number of hydrogen-bond acceptors (Lipinski definition) is 8. The quantitative estimate of drug-likeness (QED) is 0.395. The second kappa shape index (κ2) is 17.2. The average Bonchev–Trinajstić information content (AvgIpc) is 2.70. The number of nitrogens with one attached hydrogen (secondary N) is 3. The smallest absolute Gasteiger partial charge is 0.224 e. The molecule has 0 unspecified atom stereocenters. The molecule has 5 N–H and O–H groups in total. The summed E-state index contributed by atoms with van der Waals surface area (Å²) in [6, 6.07) is 3.58. The molecule has 0 aliphatic heterocycles. The van der Waals surface area contributed by atoms with Gasteiger partial charge in [0.05, 0.1) is 0 Å². The summed E-state index contributed by atoms with van der Waals surface area (Å²) in [6.45, 7) is 6.07. The number of anilines is 3. The highest BCUT2D eigenvalue weighted by Crippen LogP contribution is 2.04. The van der Waals surface area contributed by atoms with Gasteiger partial charge in [-0.3, -0.25) is 0 Å². The topological polar surface area (TPSA) is 114 Å². The SMILES string of the molecule is CCCCN.CCCCNc1nccc(NC)n1.CNc1ccnc(Cl)n1. The van der Waals surface area contributed by atoms with Crippen molar-refractivity contribution < 1.29 is 0 Å². The fourth-order valence-electron chi connectivity index (χ4n) is 1.64. The highest BCUT2D eigenvalue weighted by atomic mass is 35.5. The van der Waals surface area contributed by atoms with Gasteiger partial charge in [0.2, 0.25) is 11.2 Å². The Morgan fingerprint density at radius 3 is 1.96 bits per heavy atom. The number of nitrogens with two attached hydrogens (primary N) is 1. The molecule has 9 heteroatoms. The van der Waals surface area contributed by atoms with E-state index < -0.39 is 0 Å². The normalized spacial score (nSPS) is 9.26. The lowest BCUT2D eigenvalue weighted by Crippen LogP contribution is -2.05. The molecular formula is C18H33ClN8. The van der Waals surface area contributed by atoms with Crippen LogP contribution in [0.25, 0.3) is 0 Å². The van der Waals surface area contributed by atoms with Crippen LogP contribution < -0.4 is 21.7 Å². The number of hydrogen-bond donors (Lipinski definition) is 4. The molecular weight excluding hydrogens is 364 g/mol. The minimum absolute atomic E-state index is 0.266. The Hall–Kier alpha value is -2.19. The van der Waals surface area contributed by atoms with Crippen LogP contribution in [0.2, 0.25) is 5.28 Å². The summed E-state index contributed by atoms with van der Waals surface area (Å²) >= 11 is 5.46. The first-order valence-corrected chi connectivity index (χ1v) is 9.60. The Morgan fingerprint density at radius 1 is 0.926 bits per heavy atom. The number of halogens is 1. The van der Waals surface area contributed by atoms with E-state index in [0.29, 0.717) is 5.95 Å². The van der Waals surface area contributed by atoms with E-state index in [1.807, 2.05) is 13.1 Å². The van der Waals surface area contributed by atoms with Gasteiger partial charge >= 0.3 is 0 Å². The van der Waals surface area contributed by atoms with Gasteiger partial charge in [-0.1, -0.05) is 26.7 Å². The molecule has 0 fully saturated rings. The molecule has 8 nitrogen and oxygen atoms in total. The third-order valence-electron chi connectivity index (χ3n) is 3.17. The fourth-order valence-corrected chi connectivity index (χ4v) is 1.79. The Balaban J connectivity index is 0.000000419. The van der Waals surface area contributed by atoms with Crippen molar-refractivity contribution in [1.29, 1.82) is 0 Å². The van der Waals surface area contributed by atoms with Crippen molar-refractivity contribution in [3.8, 4) is 0 Å². The van der Waals surface area contributed by atoms with Crippen LogP contribution in [0.1, 0.15) is 39.5 Å². The van der Waals surface area contributed by atoms with Crippen molar-refractivity contribution in [2.24, 2.45) is 5.73 Å². The van der Waals surface area contributed by atoms with E-state index in [0.717, 1.165) is 31.1 Å². The maximum Gasteiger partial charge on any atom is 0.224 e. The molecule has 0 bridgehead atoms. The monoisotopic (exact) mass is 396 g/mol. The maximum atomic E-state index is 5.46. The minimum atomic E-state index is 0.266. The molecule has 27 heavy (non-hydrogen) atoms. The summed E-state index contributed by atoms with van der Waals surface area (Å²) in [6.07, 6.45) is 8.05. The molecule has 2 rings (SSSR count). The van der Waals surface area contributed by atoms with Crippen LogP contribution in [-0.2, 0) is 0 Å². The standard InChI is InChI=1S/C9H16N4.C5H6ClN3.C4H11N/c1-3-4-6-11-9-12-7-5-8(10-2)13-9;1-7-4-2-3-8-5(6)9-4;1-2-3-4-5/h5,7H,3-4,6H2,1-2H3,(H2,10,11,12,13);2-3H,1H3,(H,7,8,9);2-5H2,1H3. The molecule has 0 amide bonds. The molecule has 0 saturated heterocycles. The zero-order chi connectivity index (χ0) is 20.3. The zero-order valence-corrected chi connectivity index (χ0v) is 17.6. The molecule has 0 spiro atoms. The minimum Gasteiger partial charge on any atom is -0.373 e. The third kappa shape index (κ3) is 13.6. The molecule has 2 aromatic rings. The predicted octanol–water partition coefficient (Wildman–Crippen LogP) is 3.65. The van der Waals surface area contributed by atoms with Gasteiger partial charge in [-0.25, -0.2) is 15.0 Å². The van der Waals surface area contributed by atoms with E-state index in [9.17, 15) is 0 Å². The van der Waals surface area contributed by atoms with Gasteiger partial charge < -0.3 is 21.7 Å². The van der Waals surface area contributed by atoms with Crippen LogP contribution in [0.4, 0.5) is 17.6 Å². The van der Waals surface area contributed by atoms with Gasteiger partial charge in [-0.2, -0.15) is 4.98 Å². The van der Waals surface area contributed by atoms with Gasteiger partial charge in [0, 0.05) is 33.0 Å². The molecule has 0 aliphatic rings. The maximum absolute atomic E-state index is 5.46. The van der Waals surface area contributed by atoms with Gasteiger partial charge in [0.25, 0.3) is 0 Å². The summed E-state index contributed by atoms with van der Waals surface area (Å²) in [5.74, 6) is 2.27. The Morgan fingerprint density at radius 2 is 1.52 bits per heavy atom. The Labute approximate surface area is 167 Å². The lowest BCUT2D eigenvalue weighted by Gasteiger charge is -2.04. The molecule has 0 aliphatic carbocycles. The number of rotatable bonds is 8. The van der Waals surface area contributed by atoms with Crippen molar-refractivity contribution in [1.82, 2.24) is 19.9 Å². The molecule has 2 aromatic heterocycles. The highest BCUT2D eigenvalue weighted by Gasteiger charge is 1.95. The van der Waals surface area contributed by atoms with Crippen LogP contribution in [0.3, 0.4) is 0 Å². The molecule has 152 valence electrons. The third-order valence-corrected chi connectivity index (χ3v) is 3.35. The van der Waals surface area contributed by atoms with Crippen LogP contribution in [0.15, 0.2) is 24.5 Å². The van der Waals surface area contributed by atoms with Crippen molar-refractivity contribution in [2.45, 2.75) is 39.5 Å². The van der Waals surface area contributed by atoms with Crippen molar-refractivity contribution in [3.63, 3.8) is 0 Å². The summed E-state index contributed by atoms with van der Waals surface area (Å²) < 4.78 is 0. The zero-order valence-electron chi connectivity index (χ0n) is 16.8. The first-order valence-electron chi connectivity index (χ1n) is 9.22.